The number of nitrogens with two attached hydrogens (primary N) is 1. The molecule has 0 saturated heterocycles. The van der Waals surface area contributed by atoms with Crippen molar-refractivity contribution in [2.75, 3.05) is 5.43 Å². The average molecular weight is 315 g/mol. The standard InChI is InChI=1S/C12H21N5O3S/c1-8(11(18)15-12(2,3)4)17-21(19,20)9-5-6-14-10(7-9)16-13/h5-8,17H,13H2,1-4H3,(H,14,16)(H,15,18). The highest BCUT2D eigenvalue weighted by Crippen LogP contribution is 2.12. The van der Waals surface area contributed by atoms with Crippen molar-refractivity contribution in [2.45, 2.75) is 44.2 Å². The van der Waals surface area contributed by atoms with E-state index in [4.69, 9.17) is 5.84 Å². The molecule has 5 N–H and O–H groups in total. The fourth-order valence-electron chi connectivity index (χ4n) is 1.49. The van der Waals surface area contributed by atoms with Gasteiger partial charge in [0.15, 0.2) is 0 Å². The summed E-state index contributed by atoms with van der Waals surface area (Å²) < 4.78 is 26.7. The number of anilines is 1. The number of carbonyl (C=O) groups is 1. The van der Waals surface area contributed by atoms with Crippen molar-refractivity contribution in [3.63, 3.8) is 0 Å². The number of hydrogen-bond acceptors (Lipinski definition) is 6. The van der Waals surface area contributed by atoms with Gasteiger partial charge in [-0.25, -0.2) is 19.2 Å². The number of nitrogens with one attached hydrogen (secondary N) is 3. The number of aromatic nitrogens is 1. The van der Waals surface area contributed by atoms with E-state index in [1.54, 1.807) is 0 Å². The van der Waals surface area contributed by atoms with Gasteiger partial charge in [0.25, 0.3) is 0 Å². The van der Waals surface area contributed by atoms with Gasteiger partial charge in [-0.1, -0.05) is 0 Å². The lowest BCUT2D eigenvalue weighted by atomic mass is 10.1. The van der Waals surface area contributed by atoms with Crippen LogP contribution in [0.4, 0.5) is 5.82 Å². The van der Waals surface area contributed by atoms with Crippen LogP contribution in [0.1, 0.15) is 27.7 Å². The highest BCUT2D eigenvalue weighted by molar-refractivity contribution is 7.89. The quantitative estimate of drug-likeness (QED) is 0.446. The van der Waals surface area contributed by atoms with Gasteiger partial charge < -0.3 is 10.7 Å². The molecule has 8 nitrogen and oxygen atoms in total. The van der Waals surface area contributed by atoms with Crippen molar-refractivity contribution >= 4 is 21.7 Å². The van der Waals surface area contributed by atoms with Gasteiger partial charge in [-0.2, -0.15) is 4.72 Å². The molecule has 0 fully saturated rings. The molecule has 1 rings (SSSR count). The summed E-state index contributed by atoms with van der Waals surface area (Å²) in [6.07, 6.45) is 1.31. The Hall–Kier alpha value is -1.71. The van der Waals surface area contributed by atoms with Crippen LogP contribution in [0.3, 0.4) is 0 Å². The minimum absolute atomic E-state index is 0.0270. The summed E-state index contributed by atoms with van der Waals surface area (Å²) in [6, 6.07) is 1.69. The lowest BCUT2D eigenvalue weighted by Gasteiger charge is -2.23. The SMILES string of the molecule is CC(NS(=O)(=O)c1ccnc(NN)c1)C(=O)NC(C)(C)C. The van der Waals surface area contributed by atoms with Crippen molar-refractivity contribution < 1.29 is 13.2 Å². The second-order valence-electron chi connectivity index (χ2n) is 5.60. The van der Waals surface area contributed by atoms with Crippen LogP contribution in [0, 0.1) is 0 Å². The number of rotatable bonds is 5. The summed E-state index contributed by atoms with van der Waals surface area (Å²) in [7, 11) is -3.84. The number of carbonyl (C=O) groups excluding carboxylic acids is 1. The summed E-state index contributed by atoms with van der Waals surface area (Å²) in [4.78, 5) is 15.7. The largest absolute Gasteiger partial charge is 0.350 e. The summed E-state index contributed by atoms with van der Waals surface area (Å²) >= 11 is 0. The average Bonchev–Trinajstić information content (AvgIpc) is 2.36. The molecule has 1 heterocycles. The van der Waals surface area contributed by atoms with Gasteiger partial charge in [0.05, 0.1) is 10.9 Å². The first-order chi connectivity index (χ1) is 9.55. The molecule has 0 spiro atoms. The molecule has 21 heavy (non-hydrogen) atoms. The molecular formula is C12H21N5O3S. The maximum atomic E-state index is 12.2. The zero-order valence-electron chi connectivity index (χ0n) is 12.5. The topological polar surface area (TPSA) is 126 Å². The van der Waals surface area contributed by atoms with E-state index in [2.05, 4.69) is 20.4 Å². The zero-order valence-corrected chi connectivity index (χ0v) is 13.3. The van der Waals surface area contributed by atoms with E-state index in [1.165, 1.54) is 25.3 Å². The van der Waals surface area contributed by atoms with E-state index in [1.807, 2.05) is 20.8 Å². The Kier molecular flexibility index (Phi) is 5.26. The highest BCUT2D eigenvalue weighted by Gasteiger charge is 2.24. The Morgan fingerprint density at radius 2 is 2.00 bits per heavy atom. The third-order valence-electron chi connectivity index (χ3n) is 2.41. The molecule has 0 saturated carbocycles. The number of pyridine rings is 1. The summed E-state index contributed by atoms with van der Waals surface area (Å²) in [5, 5.41) is 2.70. The molecule has 1 unspecified atom stereocenters. The maximum absolute atomic E-state index is 12.2. The molecule has 1 aromatic heterocycles. The first-order valence-electron chi connectivity index (χ1n) is 6.32. The van der Waals surface area contributed by atoms with E-state index >= 15 is 0 Å². The lowest BCUT2D eigenvalue weighted by molar-refractivity contribution is -0.123. The number of nitrogens with zero attached hydrogens (tertiary/aromatic N) is 1. The van der Waals surface area contributed by atoms with Gasteiger partial charge in [-0.15, -0.1) is 0 Å². The van der Waals surface area contributed by atoms with Gasteiger partial charge in [0.2, 0.25) is 15.9 Å². The number of nitrogen functional groups attached to an aromatic ring is 1. The number of amides is 1. The van der Waals surface area contributed by atoms with Gasteiger partial charge >= 0.3 is 0 Å². The molecule has 0 aliphatic carbocycles. The summed E-state index contributed by atoms with van der Waals surface area (Å²) in [6.45, 7) is 6.92. The number of hydrazine groups is 1. The van der Waals surface area contributed by atoms with Crippen molar-refractivity contribution in [2.24, 2.45) is 5.84 Å². The van der Waals surface area contributed by atoms with Crippen molar-refractivity contribution in [1.82, 2.24) is 15.0 Å². The molecule has 118 valence electrons. The van der Waals surface area contributed by atoms with Crippen molar-refractivity contribution in [3.05, 3.63) is 18.3 Å². The van der Waals surface area contributed by atoms with Crippen molar-refractivity contribution in [1.29, 1.82) is 0 Å². The molecule has 1 atom stereocenters. The fraction of sp³-hybridized carbons (Fsp3) is 0.500. The number of hydrogen-bond donors (Lipinski definition) is 4. The lowest BCUT2D eigenvalue weighted by Crippen LogP contribution is -2.50. The van der Waals surface area contributed by atoms with Gasteiger partial charge in [0, 0.05) is 17.8 Å². The first-order valence-corrected chi connectivity index (χ1v) is 7.80. The van der Waals surface area contributed by atoms with E-state index in [9.17, 15) is 13.2 Å². The predicted molar refractivity (Wildman–Crippen MR) is 79.7 cm³/mol. The van der Waals surface area contributed by atoms with E-state index in [-0.39, 0.29) is 10.7 Å². The maximum Gasteiger partial charge on any atom is 0.241 e. The Balaban J connectivity index is 2.87. The second-order valence-corrected chi connectivity index (χ2v) is 7.32. The minimum Gasteiger partial charge on any atom is -0.350 e. The molecule has 0 aliphatic heterocycles. The van der Waals surface area contributed by atoms with Crippen LogP contribution >= 0.6 is 0 Å². The fourth-order valence-corrected chi connectivity index (χ4v) is 2.70. The third-order valence-corrected chi connectivity index (χ3v) is 3.95. The monoisotopic (exact) mass is 315 g/mol. The van der Waals surface area contributed by atoms with Crippen LogP contribution in [0.5, 0.6) is 0 Å². The van der Waals surface area contributed by atoms with Gasteiger partial charge in [0.1, 0.15) is 5.82 Å². The van der Waals surface area contributed by atoms with Crippen LogP contribution in [0.15, 0.2) is 23.2 Å². The van der Waals surface area contributed by atoms with Crippen LogP contribution in [0.25, 0.3) is 0 Å². The van der Waals surface area contributed by atoms with Crippen molar-refractivity contribution in [3.8, 4) is 0 Å². The predicted octanol–water partition coefficient (Wildman–Crippen LogP) is -0.0513. The molecule has 0 aromatic carbocycles. The normalized spacial score (nSPS) is 13.6. The summed E-state index contributed by atoms with van der Waals surface area (Å²) in [5.74, 6) is 5.00. The molecule has 1 amide bonds. The minimum atomic E-state index is -3.84. The van der Waals surface area contributed by atoms with E-state index in [0.717, 1.165) is 0 Å². The van der Waals surface area contributed by atoms with Crippen LogP contribution in [0.2, 0.25) is 0 Å². The first kappa shape index (κ1) is 17.3. The molecule has 9 heteroatoms. The van der Waals surface area contributed by atoms with Crippen LogP contribution in [-0.4, -0.2) is 30.9 Å². The van der Waals surface area contributed by atoms with E-state index < -0.39 is 27.5 Å². The van der Waals surface area contributed by atoms with E-state index in [0.29, 0.717) is 0 Å². The van der Waals surface area contributed by atoms with Crippen LogP contribution in [-0.2, 0) is 14.8 Å². The molecule has 0 radical (unpaired) electrons. The molecular weight excluding hydrogens is 294 g/mol. The number of sulfonamides is 1. The zero-order chi connectivity index (χ0) is 16.3. The van der Waals surface area contributed by atoms with Crippen LogP contribution < -0.4 is 21.3 Å². The Morgan fingerprint density at radius 3 is 2.52 bits per heavy atom. The second kappa shape index (κ2) is 6.37. The Labute approximate surface area is 124 Å². The molecule has 0 aliphatic rings. The highest BCUT2D eigenvalue weighted by atomic mass is 32.2. The summed E-state index contributed by atoms with van der Waals surface area (Å²) in [5.41, 5.74) is 1.82. The third kappa shape index (κ3) is 5.29. The smallest absolute Gasteiger partial charge is 0.241 e. The molecule has 0 bridgehead atoms. The molecule has 1 aromatic rings. The Morgan fingerprint density at radius 1 is 1.38 bits per heavy atom. The van der Waals surface area contributed by atoms with Gasteiger partial charge in [-0.05, 0) is 33.8 Å². The Bertz CT molecular complexity index is 610. The van der Waals surface area contributed by atoms with Gasteiger partial charge in [-0.3, -0.25) is 4.79 Å².